The summed E-state index contributed by atoms with van der Waals surface area (Å²) in [7, 11) is 0. The van der Waals surface area contributed by atoms with Crippen LogP contribution in [0.15, 0.2) is 48.5 Å². The number of hydrogen-bond donors (Lipinski definition) is 1. The smallest absolute Gasteiger partial charge is 0.272 e. The molecule has 0 spiro atoms. The number of nitrogens with two attached hydrogens (primary N) is 1. The number of ketones is 1. The predicted octanol–water partition coefficient (Wildman–Crippen LogP) is 3.43. The van der Waals surface area contributed by atoms with Gasteiger partial charge in [0, 0.05) is 11.6 Å². The zero-order valence-electron chi connectivity index (χ0n) is 11.0. The molecule has 0 aromatic heterocycles. The Labute approximate surface area is 135 Å². The van der Waals surface area contributed by atoms with E-state index in [4.69, 9.17) is 11.6 Å². The summed E-state index contributed by atoms with van der Waals surface area (Å²) in [5.41, 5.74) is 4.39. The van der Waals surface area contributed by atoms with Gasteiger partial charge in [0.15, 0.2) is 10.2 Å². The van der Waals surface area contributed by atoms with Crippen molar-refractivity contribution in [3.05, 3.63) is 75.6 Å². The first-order valence-electron chi connectivity index (χ1n) is 5.81. The van der Waals surface area contributed by atoms with Gasteiger partial charge in [-0.2, -0.15) is 0 Å². The lowest BCUT2D eigenvalue weighted by Gasteiger charge is -2.02. The van der Waals surface area contributed by atoms with Crippen LogP contribution in [0.3, 0.4) is 0 Å². The van der Waals surface area contributed by atoms with Crippen LogP contribution in [-0.4, -0.2) is 15.2 Å². The Bertz CT molecular complexity index is 706. The SMILES string of the molecule is NC(=S)Cl.O=C(c1ccccc1)c1ccc([N+](=O)[O-])cc1F. The number of thiocarbonyl (C=S) groups is 1. The standard InChI is InChI=1S/C13H8FNO3.CH2ClNS/c14-12-8-10(15(17)18)6-7-11(12)13(16)9-4-2-1-3-5-9;2-1(3)4/h1-8H;(H2,3,4). The number of halogens is 2. The van der Waals surface area contributed by atoms with E-state index in [0.717, 1.165) is 18.2 Å². The van der Waals surface area contributed by atoms with Gasteiger partial charge in [-0.1, -0.05) is 41.9 Å². The van der Waals surface area contributed by atoms with Crippen molar-refractivity contribution in [2.24, 2.45) is 5.73 Å². The minimum Gasteiger partial charge on any atom is -0.380 e. The van der Waals surface area contributed by atoms with Gasteiger partial charge in [-0.15, -0.1) is 0 Å². The average Bonchev–Trinajstić information content (AvgIpc) is 2.46. The second-order valence-electron chi connectivity index (χ2n) is 3.92. The maximum atomic E-state index is 13.6. The Morgan fingerprint density at radius 2 is 1.77 bits per heavy atom. The summed E-state index contributed by atoms with van der Waals surface area (Å²) in [5, 5.41) is 10.5. The van der Waals surface area contributed by atoms with Gasteiger partial charge >= 0.3 is 0 Å². The molecule has 0 heterocycles. The van der Waals surface area contributed by atoms with Crippen LogP contribution in [0.4, 0.5) is 10.1 Å². The molecule has 0 unspecified atom stereocenters. The molecule has 8 heteroatoms. The Kier molecular flexibility index (Phi) is 6.55. The number of carbonyl (C=O) groups excluding carboxylic acids is 1. The minimum atomic E-state index is -0.891. The maximum absolute atomic E-state index is 13.6. The molecule has 0 aliphatic rings. The van der Waals surface area contributed by atoms with Gasteiger partial charge in [-0.3, -0.25) is 14.9 Å². The molecule has 0 saturated carbocycles. The third kappa shape index (κ3) is 5.19. The predicted molar refractivity (Wildman–Crippen MR) is 85.6 cm³/mol. The summed E-state index contributed by atoms with van der Waals surface area (Å²) in [4.78, 5) is 21.7. The third-order valence-corrected chi connectivity index (χ3v) is 2.44. The van der Waals surface area contributed by atoms with Crippen molar-refractivity contribution in [3.63, 3.8) is 0 Å². The van der Waals surface area contributed by atoms with Crippen LogP contribution in [0.2, 0.25) is 0 Å². The number of nitro groups is 1. The Balaban J connectivity index is 0.000000541. The molecule has 0 aliphatic heterocycles. The van der Waals surface area contributed by atoms with Crippen molar-refractivity contribution in [2.75, 3.05) is 0 Å². The molecule has 0 aliphatic carbocycles. The van der Waals surface area contributed by atoms with E-state index in [1.807, 2.05) is 0 Å². The molecular formula is C14H10ClFN2O3S. The fraction of sp³-hybridized carbons (Fsp3) is 0. The highest BCUT2D eigenvalue weighted by molar-refractivity contribution is 7.83. The first-order valence-corrected chi connectivity index (χ1v) is 6.60. The zero-order valence-corrected chi connectivity index (χ0v) is 12.6. The highest BCUT2D eigenvalue weighted by atomic mass is 35.5. The summed E-state index contributed by atoms with van der Waals surface area (Å²) in [6.45, 7) is 0. The van der Waals surface area contributed by atoms with Crippen molar-refractivity contribution >= 4 is 39.7 Å². The number of benzene rings is 2. The minimum absolute atomic E-state index is 0.0278. The van der Waals surface area contributed by atoms with Crippen LogP contribution in [0.25, 0.3) is 0 Å². The van der Waals surface area contributed by atoms with Gasteiger partial charge in [0.25, 0.3) is 5.69 Å². The van der Waals surface area contributed by atoms with Gasteiger partial charge < -0.3 is 5.73 Å². The quantitative estimate of drug-likeness (QED) is 0.231. The van der Waals surface area contributed by atoms with E-state index in [2.05, 4.69) is 18.0 Å². The Morgan fingerprint density at radius 1 is 1.23 bits per heavy atom. The van der Waals surface area contributed by atoms with E-state index in [1.165, 1.54) is 0 Å². The second kappa shape index (κ2) is 8.16. The van der Waals surface area contributed by atoms with Crippen molar-refractivity contribution in [1.82, 2.24) is 0 Å². The number of nitro benzene ring substituents is 1. The molecule has 0 atom stereocenters. The first-order chi connectivity index (χ1) is 10.3. The molecule has 2 aromatic rings. The molecular weight excluding hydrogens is 331 g/mol. The second-order valence-corrected chi connectivity index (χ2v) is 4.99. The van der Waals surface area contributed by atoms with Gasteiger partial charge in [-0.05, 0) is 18.3 Å². The number of carbonyl (C=O) groups is 1. The molecule has 114 valence electrons. The van der Waals surface area contributed by atoms with Crippen LogP contribution in [0.5, 0.6) is 0 Å². The summed E-state index contributed by atoms with van der Waals surface area (Å²) in [5.74, 6) is -1.39. The summed E-state index contributed by atoms with van der Waals surface area (Å²) in [6, 6.07) is 11.2. The molecule has 22 heavy (non-hydrogen) atoms. The van der Waals surface area contributed by atoms with Crippen LogP contribution < -0.4 is 5.73 Å². The summed E-state index contributed by atoms with van der Waals surface area (Å²) in [6.07, 6.45) is 0. The molecule has 2 N–H and O–H groups in total. The van der Waals surface area contributed by atoms with Gasteiger partial charge in [0.1, 0.15) is 5.82 Å². The lowest BCUT2D eigenvalue weighted by atomic mass is 10.0. The Hall–Kier alpha value is -2.38. The lowest BCUT2D eigenvalue weighted by molar-refractivity contribution is -0.385. The summed E-state index contributed by atoms with van der Waals surface area (Å²) < 4.78 is 13.6. The van der Waals surface area contributed by atoms with E-state index in [-0.39, 0.29) is 15.7 Å². The van der Waals surface area contributed by atoms with Crippen LogP contribution >= 0.6 is 23.8 Å². The highest BCUT2D eigenvalue weighted by Gasteiger charge is 2.17. The van der Waals surface area contributed by atoms with Crippen molar-refractivity contribution < 1.29 is 14.1 Å². The van der Waals surface area contributed by atoms with Crippen LogP contribution in [0, 0.1) is 15.9 Å². The fourth-order valence-corrected chi connectivity index (χ4v) is 1.55. The fourth-order valence-electron chi connectivity index (χ4n) is 1.55. The van der Waals surface area contributed by atoms with E-state index < -0.39 is 16.5 Å². The number of hydrogen-bond acceptors (Lipinski definition) is 4. The van der Waals surface area contributed by atoms with Gasteiger partial charge in [-0.25, -0.2) is 4.39 Å². The molecule has 0 radical (unpaired) electrons. The van der Waals surface area contributed by atoms with E-state index >= 15 is 0 Å². The van der Waals surface area contributed by atoms with Crippen molar-refractivity contribution in [3.8, 4) is 0 Å². The normalized spacial score (nSPS) is 9.36. The highest BCUT2D eigenvalue weighted by Crippen LogP contribution is 2.19. The third-order valence-electron chi connectivity index (χ3n) is 2.44. The van der Waals surface area contributed by atoms with Crippen molar-refractivity contribution in [1.29, 1.82) is 0 Å². The van der Waals surface area contributed by atoms with Gasteiger partial charge in [0.2, 0.25) is 0 Å². The Morgan fingerprint density at radius 3 is 2.23 bits per heavy atom. The monoisotopic (exact) mass is 340 g/mol. The van der Waals surface area contributed by atoms with Crippen LogP contribution in [-0.2, 0) is 0 Å². The van der Waals surface area contributed by atoms with E-state index in [1.54, 1.807) is 30.3 Å². The molecule has 0 fully saturated rings. The largest absolute Gasteiger partial charge is 0.380 e. The average molecular weight is 341 g/mol. The zero-order chi connectivity index (χ0) is 16.7. The van der Waals surface area contributed by atoms with E-state index in [9.17, 15) is 19.3 Å². The maximum Gasteiger partial charge on any atom is 0.272 e. The number of rotatable bonds is 3. The summed E-state index contributed by atoms with van der Waals surface area (Å²) >= 11 is 8.86. The van der Waals surface area contributed by atoms with Gasteiger partial charge in [0.05, 0.1) is 16.6 Å². The molecule has 0 saturated heterocycles. The lowest BCUT2D eigenvalue weighted by Crippen LogP contribution is -2.04. The molecule has 0 bridgehead atoms. The van der Waals surface area contributed by atoms with E-state index in [0.29, 0.717) is 5.56 Å². The molecule has 5 nitrogen and oxygen atoms in total. The molecule has 2 rings (SSSR count). The molecule has 2 aromatic carbocycles. The first kappa shape index (κ1) is 17.7. The van der Waals surface area contributed by atoms with Crippen LogP contribution in [0.1, 0.15) is 15.9 Å². The topological polar surface area (TPSA) is 86.2 Å². The number of nitrogens with zero attached hydrogens (tertiary/aromatic N) is 1. The number of non-ortho nitro benzene ring substituents is 1. The molecule has 0 amide bonds. The van der Waals surface area contributed by atoms with Crippen molar-refractivity contribution in [2.45, 2.75) is 0 Å².